The number of aliphatic hydroxyl groups excluding tert-OH is 1. The zero-order valence-corrected chi connectivity index (χ0v) is 19.0. The Morgan fingerprint density at radius 3 is 2.71 bits per heavy atom. The van der Waals surface area contributed by atoms with E-state index in [0.29, 0.717) is 29.7 Å². The SMILES string of the molecule is C=C(c1nc(C#CC(O)c2ccccn2)cc2c(N[C@@H]3CCN(C)C[C@@H]3F)cccc12)C(F)(F)F. The number of anilines is 1. The minimum Gasteiger partial charge on any atom is -0.379 e. The molecule has 0 spiro atoms. The van der Waals surface area contributed by atoms with Crippen LogP contribution in [0, 0.1) is 11.8 Å². The predicted molar refractivity (Wildman–Crippen MR) is 127 cm³/mol. The maximum absolute atomic E-state index is 14.7. The third-order valence-corrected chi connectivity index (χ3v) is 5.89. The van der Waals surface area contributed by atoms with Crippen molar-refractivity contribution in [1.29, 1.82) is 0 Å². The van der Waals surface area contributed by atoms with E-state index in [0.717, 1.165) is 0 Å². The smallest absolute Gasteiger partial charge is 0.379 e. The van der Waals surface area contributed by atoms with Gasteiger partial charge in [-0.1, -0.05) is 30.7 Å². The molecule has 1 aromatic carbocycles. The number of allylic oxidation sites excluding steroid dienone is 1. The minimum atomic E-state index is -4.71. The van der Waals surface area contributed by atoms with Crippen molar-refractivity contribution in [3.05, 3.63) is 72.3 Å². The fraction of sp³-hybridized carbons (Fsp3) is 0.308. The molecule has 1 aliphatic heterocycles. The van der Waals surface area contributed by atoms with Gasteiger partial charge in [0.1, 0.15) is 11.9 Å². The monoisotopic (exact) mass is 484 g/mol. The molecule has 0 amide bonds. The summed E-state index contributed by atoms with van der Waals surface area (Å²) < 4.78 is 55.5. The number of fused-ring (bicyclic) bond motifs is 1. The van der Waals surface area contributed by atoms with Gasteiger partial charge in [-0.2, -0.15) is 13.2 Å². The van der Waals surface area contributed by atoms with Gasteiger partial charge in [0.25, 0.3) is 0 Å². The average Bonchev–Trinajstić information content (AvgIpc) is 2.83. The first-order chi connectivity index (χ1) is 16.6. The van der Waals surface area contributed by atoms with E-state index in [1.165, 1.54) is 18.3 Å². The third kappa shape index (κ3) is 5.61. The van der Waals surface area contributed by atoms with Crippen LogP contribution in [0.3, 0.4) is 0 Å². The second kappa shape index (κ2) is 10.0. The highest BCUT2D eigenvalue weighted by Crippen LogP contribution is 2.37. The quantitative estimate of drug-likeness (QED) is 0.414. The number of piperidine rings is 1. The number of hydrogen-bond acceptors (Lipinski definition) is 5. The van der Waals surface area contributed by atoms with Crippen molar-refractivity contribution in [2.45, 2.75) is 30.9 Å². The summed E-state index contributed by atoms with van der Waals surface area (Å²) in [5.41, 5.74) is -0.681. The molecule has 2 N–H and O–H groups in total. The standard InChI is InChI=1S/C26H24F4N4O/c1-16(26(28,29)30)25-18-6-5-8-21(33-22-11-13-34(2)15-20(22)27)19(18)14-17(32-25)9-10-24(35)23-7-3-4-12-31-23/h3-8,12,14,20,22,24,33,35H,1,11,13,15H2,2H3/t20-,22+,24?/m0/s1. The lowest BCUT2D eigenvalue weighted by Gasteiger charge is -2.33. The van der Waals surface area contributed by atoms with Gasteiger partial charge in [0, 0.05) is 35.7 Å². The van der Waals surface area contributed by atoms with E-state index in [9.17, 15) is 22.7 Å². The van der Waals surface area contributed by atoms with Crippen molar-refractivity contribution in [1.82, 2.24) is 14.9 Å². The predicted octanol–water partition coefficient (Wildman–Crippen LogP) is 4.74. The molecule has 2 aromatic heterocycles. The first-order valence-corrected chi connectivity index (χ1v) is 11.0. The van der Waals surface area contributed by atoms with E-state index in [1.807, 2.05) is 11.9 Å². The molecule has 1 saturated heterocycles. The summed E-state index contributed by atoms with van der Waals surface area (Å²) in [6, 6.07) is 10.8. The van der Waals surface area contributed by atoms with Crippen molar-refractivity contribution in [2.24, 2.45) is 0 Å². The van der Waals surface area contributed by atoms with Gasteiger partial charge in [0.05, 0.1) is 23.0 Å². The number of aromatic nitrogens is 2. The lowest BCUT2D eigenvalue weighted by molar-refractivity contribution is -0.0688. The Labute approximate surface area is 200 Å². The van der Waals surface area contributed by atoms with E-state index < -0.39 is 30.1 Å². The Hall–Kier alpha value is -3.48. The van der Waals surface area contributed by atoms with E-state index in [-0.39, 0.29) is 23.3 Å². The molecule has 1 aliphatic rings. The topological polar surface area (TPSA) is 61.3 Å². The van der Waals surface area contributed by atoms with Gasteiger partial charge in [-0.3, -0.25) is 4.98 Å². The molecular weight excluding hydrogens is 460 g/mol. The van der Waals surface area contributed by atoms with E-state index in [1.54, 1.807) is 30.3 Å². The summed E-state index contributed by atoms with van der Waals surface area (Å²) in [5, 5.41) is 14.1. The molecule has 1 unspecified atom stereocenters. The van der Waals surface area contributed by atoms with Crippen LogP contribution in [0.15, 0.2) is 55.2 Å². The number of alkyl halides is 4. The molecule has 0 aliphatic carbocycles. The van der Waals surface area contributed by atoms with E-state index in [2.05, 4.69) is 33.7 Å². The van der Waals surface area contributed by atoms with Crippen LogP contribution in [0.4, 0.5) is 23.2 Å². The molecule has 9 heteroatoms. The molecule has 3 heterocycles. The van der Waals surface area contributed by atoms with Crippen molar-refractivity contribution in [3.8, 4) is 11.8 Å². The molecule has 3 aromatic rings. The summed E-state index contributed by atoms with van der Waals surface area (Å²) >= 11 is 0. The third-order valence-electron chi connectivity index (χ3n) is 5.89. The second-order valence-corrected chi connectivity index (χ2v) is 8.48. The number of hydrogen-bond donors (Lipinski definition) is 2. The molecule has 1 fully saturated rings. The van der Waals surface area contributed by atoms with Crippen LogP contribution in [0.5, 0.6) is 0 Å². The maximum atomic E-state index is 14.7. The molecule has 0 saturated carbocycles. The van der Waals surface area contributed by atoms with Crippen LogP contribution in [-0.4, -0.2) is 58.5 Å². The fourth-order valence-corrected chi connectivity index (χ4v) is 4.00. The van der Waals surface area contributed by atoms with Gasteiger partial charge in [-0.15, -0.1) is 0 Å². The van der Waals surface area contributed by atoms with Gasteiger partial charge in [-0.25, -0.2) is 9.37 Å². The molecule has 0 bridgehead atoms. The number of rotatable bonds is 4. The van der Waals surface area contributed by atoms with Crippen LogP contribution in [0.1, 0.15) is 29.6 Å². The number of halogens is 4. The normalized spacial score (nSPS) is 19.6. The summed E-state index contributed by atoms with van der Waals surface area (Å²) in [6.07, 6.45) is -5.05. The molecular formula is C26H24F4N4O. The Morgan fingerprint density at radius 1 is 1.23 bits per heavy atom. The number of pyridine rings is 2. The zero-order valence-electron chi connectivity index (χ0n) is 19.0. The van der Waals surface area contributed by atoms with Crippen LogP contribution in [-0.2, 0) is 0 Å². The Balaban J connectivity index is 1.78. The molecule has 4 rings (SSSR count). The lowest BCUT2D eigenvalue weighted by Crippen LogP contribution is -2.46. The van der Waals surface area contributed by atoms with Gasteiger partial charge >= 0.3 is 6.18 Å². The second-order valence-electron chi connectivity index (χ2n) is 8.48. The molecule has 0 radical (unpaired) electrons. The number of nitrogens with zero attached hydrogens (tertiary/aromatic N) is 3. The van der Waals surface area contributed by atoms with Crippen LogP contribution < -0.4 is 5.32 Å². The maximum Gasteiger partial charge on any atom is 0.417 e. The number of nitrogens with one attached hydrogen (secondary N) is 1. The highest BCUT2D eigenvalue weighted by Gasteiger charge is 2.35. The van der Waals surface area contributed by atoms with Gasteiger partial charge < -0.3 is 15.3 Å². The average molecular weight is 484 g/mol. The number of benzene rings is 1. The van der Waals surface area contributed by atoms with Gasteiger partial charge in [0.15, 0.2) is 6.10 Å². The lowest BCUT2D eigenvalue weighted by atomic mass is 9.99. The molecule has 3 atom stereocenters. The van der Waals surface area contributed by atoms with Crippen molar-refractivity contribution in [3.63, 3.8) is 0 Å². The summed E-state index contributed by atoms with van der Waals surface area (Å²) in [4.78, 5) is 10.0. The summed E-state index contributed by atoms with van der Waals surface area (Å²) in [5.74, 6) is 5.24. The molecule has 5 nitrogen and oxygen atoms in total. The molecule has 35 heavy (non-hydrogen) atoms. The zero-order chi connectivity index (χ0) is 25.2. The Kier molecular flexibility index (Phi) is 7.05. The number of likely N-dealkylation sites (tertiary alicyclic amines) is 1. The number of aliphatic hydroxyl groups is 1. The Bertz CT molecular complexity index is 1280. The van der Waals surface area contributed by atoms with Crippen LogP contribution in [0.25, 0.3) is 16.3 Å². The van der Waals surface area contributed by atoms with E-state index in [4.69, 9.17) is 0 Å². The summed E-state index contributed by atoms with van der Waals surface area (Å²) in [6.45, 7) is 4.18. The molecule has 182 valence electrons. The highest BCUT2D eigenvalue weighted by atomic mass is 19.4. The summed E-state index contributed by atoms with van der Waals surface area (Å²) in [7, 11) is 1.84. The largest absolute Gasteiger partial charge is 0.417 e. The first kappa shape index (κ1) is 24.6. The van der Waals surface area contributed by atoms with Crippen molar-refractivity contribution in [2.75, 3.05) is 25.5 Å². The van der Waals surface area contributed by atoms with Crippen molar-refractivity contribution >= 4 is 22.0 Å². The fourth-order valence-electron chi connectivity index (χ4n) is 4.00. The van der Waals surface area contributed by atoms with Crippen LogP contribution in [0.2, 0.25) is 0 Å². The highest BCUT2D eigenvalue weighted by molar-refractivity contribution is 6.00. The van der Waals surface area contributed by atoms with Crippen molar-refractivity contribution < 1.29 is 22.7 Å². The Morgan fingerprint density at radius 2 is 2.03 bits per heavy atom. The van der Waals surface area contributed by atoms with Crippen LogP contribution >= 0.6 is 0 Å². The van der Waals surface area contributed by atoms with Gasteiger partial charge in [-0.05, 0) is 43.7 Å². The van der Waals surface area contributed by atoms with Gasteiger partial charge in [0.2, 0.25) is 0 Å². The first-order valence-electron chi connectivity index (χ1n) is 11.0. The minimum absolute atomic E-state index is 0.0160. The van der Waals surface area contributed by atoms with E-state index >= 15 is 0 Å².